The van der Waals surface area contributed by atoms with Crippen molar-refractivity contribution in [1.82, 2.24) is 10.3 Å². The first-order valence-corrected chi connectivity index (χ1v) is 8.41. The second kappa shape index (κ2) is 7.23. The summed E-state index contributed by atoms with van der Waals surface area (Å²) in [4.78, 5) is 28.2. The summed E-state index contributed by atoms with van der Waals surface area (Å²) >= 11 is 1.43. The summed E-state index contributed by atoms with van der Waals surface area (Å²) < 4.78 is 1.02. The molecule has 24 heavy (non-hydrogen) atoms. The molecule has 0 bridgehead atoms. The van der Waals surface area contributed by atoms with Gasteiger partial charge in [-0.15, -0.1) is 0 Å². The highest BCUT2D eigenvalue weighted by Crippen LogP contribution is 2.26. The van der Waals surface area contributed by atoms with Crippen LogP contribution in [0.3, 0.4) is 0 Å². The fourth-order valence-corrected chi connectivity index (χ4v) is 3.35. The first kappa shape index (κ1) is 16.1. The Morgan fingerprint density at radius 2 is 1.79 bits per heavy atom. The van der Waals surface area contributed by atoms with Crippen LogP contribution in [0, 0.1) is 0 Å². The van der Waals surface area contributed by atoms with Gasteiger partial charge in [-0.25, -0.2) is 4.98 Å². The Kier molecular flexibility index (Phi) is 4.86. The lowest BCUT2D eigenvalue weighted by Crippen LogP contribution is -2.29. The van der Waals surface area contributed by atoms with E-state index in [2.05, 4.69) is 15.6 Å². The zero-order valence-corrected chi connectivity index (χ0v) is 14.0. The first-order valence-electron chi connectivity index (χ1n) is 7.59. The molecule has 0 spiro atoms. The molecular formula is C18H17N3O2S. The van der Waals surface area contributed by atoms with Crippen LogP contribution in [0.4, 0.5) is 5.13 Å². The average Bonchev–Trinajstić information content (AvgIpc) is 2.96. The Morgan fingerprint density at radius 1 is 1.08 bits per heavy atom. The van der Waals surface area contributed by atoms with E-state index in [9.17, 15) is 9.59 Å². The molecule has 1 heterocycles. The van der Waals surface area contributed by atoms with Crippen LogP contribution in [0.1, 0.15) is 24.9 Å². The number of fused-ring (bicyclic) bond motifs is 1. The van der Waals surface area contributed by atoms with E-state index in [1.54, 1.807) is 0 Å². The number of hydrogen-bond acceptors (Lipinski definition) is 4. The highest BCUT2D eigenvalue weighted by atomic mass is 32.1. The molecule has 0 fully saturated rings. The Bertz CT molecular complexity index is 828. The number of amides is 2. The quantitative estimate of drug-likeness (QED) is 0.747. The maximum Gasteiger partial charge on any atom is 0.228 e. The molecule has 122 valence electrons. The number of thiazole rings is 1. The largest absolute Gasteiger partial charge is 0.349 e. The molecule has 3 aromatic rings. The summed E-state index contributed by atoms with van der Waals surface area (Å²) in [6, 6.07) is 16.8. The maximum absolute atomic E-state index is 12.4. The minimum absolute atomic E-state index is 0.152. The lowest BCUT2D eigenvalue weighted by molar-refractivity contribution is -0.120. The number of carbonyl (C=O) groups excluding carboxylic acids is 2. The van der Waals surface area contributed by atoms with Gasteiger partial charge in [-0.1, -0.05) is 53.8 Å². The maximum atomic E-state index is 12.4. The molecule has 0 aliphatic heterocycles. The number of nitrogens with zero attached hydrogens (tertiary/aromatic N) is 1. The van der Waals surface area contributed by atoms with Crippen molar-refractivity contribution in [2.45, 2.75) is 19.4 Å². The number of nitrogens with one attached hydrogen (secondary N) is 2. The summed E-state index contributed by atoms with van der Waals surface area (Å²) in [6.07, 6.45) is 0.152. The summed E-state index contributed by atoms with van der Waals surface area (Å²) in [5, 5.41) is 6.21. The highest BCUT2D eigenvalue weighted by Gasteiger charge is 2.18. The topological polar surface area (TPSA) is 71.1 Å². The van der Waals surface area contributed by atoms with E-state index in [0.717, 1.165) is 15.8 Å². The number of aromatic nitrogens is 1. The summed E-state index contributed by atoms with van der Waals surface area (Å²) in [7, 11) is 0. The molecule has 3 rings (SSSR count). The van der Waals surface area contributed by atoms with E-state index < -0.39 is 0 Å². The summed E-state index contributed by atoms with van der Waals surface area (Å²) in [5.74, 6) is -0.353. The predicted octanol–water partition coefficient (Wildman–Crippen LogP) is 3.50. The van der Waals surface area contributed by atoms with Crippen molar-refractivity contribution in [1.29, 1.82) is 0 Å². The Labute approximate surface area is 143 Å². The highest BCUT2D eigenvalue weighted by molar-refractivity contribution is 7.22. The first-order chi connectivity index (χ1) is 11.6. The van der Waals surface area contributed by atoms with E-state index in [-0.39, 0.29) is 24.3 Å². The van der Waals surface area contributed by atoms with Crippen molar-refractivity contribution in [3.63, 3.8) is 0 Å². The molecule has 0 aliphatic carbocycles. The molecular weight excluding hydrogens is 322 g/mol. The van der Waals surface area contributed by atoms with E-state index in [4.69, 9.17) is 0 Å². The standard InChI is InChI=1S/C18H17N3O2S/c1-12(22)19-15(13-7-3-2-4-8-13)11-17(23)21-18-20-14-9-5-6-10-16(14)24-18/h2-10,15H,11H2,1H3,(H,19,22)(H,20,21,23). The molecule has 1 atom stereocenters. The zero-order chi connectivity index (χ0) is 16.9. The van der Waals surface area contributed by atoms with Crippen molar-refractivity contribution in [3.8, 4) is 0 Å². The molecule has 6 heteroatoms. The molecule has 1 aromatic heterocycles. The van der Waals surface area contributed by atoms with Crippen molar-refractivity contribution < 1.29 is 9.59 Å². The van der Waals surface area contributed by atoms with Gasteiger partial charge in [-0.3, -0.25) is 9.59 Å². The second-order valence-corrected chi connectivity index (χ2v) is 6.43. The van der Waals surface area contributed by atoms with Gasteiger partial charge in [0.25, 0.3) is 0 Å². The van der Waals surface area contributed by atoms with Crippen LogP contribution in [0.2, 0.25) is 0 Å². The average molecular weight is 339 g/mol. The normalized spacial score (nSPS) is 11.9. The third kappa shape index (κ3) is 3.97. The summed E-state index contributed by atoms with van der Waals surface area (Å²) in [6.45, 7) is 1.45. The van der Waals surface area contributed by atoms with Crippen LogP contribution in [-0.2, 0) is 9.59 Å². The smallest absolute Gasteiger partial charge is 0.228 e. The fraction of sp³-hybridized carbons (Fsp3) is 0.167. The van der Waals surface area contributed by atoms with Crippen molar-refractivity contribution in [2.75, 3.05) is 5.32 Å². The number of hydrogen-bond donors (Lipinski definition) is 2. The fourth-order valence-electron chi connectivity index (χ4n) is 2.46. The molecule has 2 N–H and O–H groups in total. The molecule has 1 unspecified atom stereocenters. The predicted molar refractivity (Wildman–Crippen MR) is 95.9 cm³/mol. The minimum Gasteiger partial charge on any atom is -0.349 e. The lowest BCUT2D eigenvalue weighted by atomic mass is 10.0. The molecule has 0 saturated heterocycles. The van der Waals surface area contributed by atoms with Crippen LogP contribution in [0.15, 0.2) is 54.6 Å². The number of benzene rings is 2. The van der Waals surface area contributed by atoms with Crippen LogP contribution in [0.25, 0.3) is 10.2 Å². The molecule has 0 saturated carbocycles. The Balaban J connectivity index is 1.72. The van der Waals surface area contributed by atoms with E-state index in [0.29, 0.717) is 5.13 Å². The molecule has 0 radical (unpaired) electrons. The van der Waals surface area contributed by atoms with Gasteiger partial charge < -0.3 is 10.6 Å². The van der Waals surface area contributed by atoms with Gasteiger partial charge in [0.05, 0.1) is 22.7 Å². The van der Waals surface area contributed by atoms with Crippen LogP contribution in [-0.4, -0.2) is 16.8 Å². The van der Waals surface area contributed by atoms with Gasteiger partial charge in [0.2, 0.25) is 11.8 Å². The number of carbonyl (C=O) groups is 2. The van der Waals surface area contributed by atoms with Crippen molar-refractivity contribution in [3.05, 3.63) is 60.2 Å². The van der Waals surface area contributed by atoms with E-state index >= 15 is 0 Å². The zero-order valence-electron chi connectivity index (χ0n) is 13.2. The van der Waals surface area contributed by atoms with Gasteiger partial charge in [0.15, 0.2) is 5.13 Å². The van der Waals surface area contributed by atoms with Gasteiger partial charge in [0.1, 0.15) is 0 Å². The monoisotopic (exact) mass is 339 g/mol. The third-order valence-corrected chi connectivity index (χ3v) is 4.46. The molecule has 0 aliphatic rings. The number of para-hydroxylation sites is 1. The Morgan fingerprint density at radius 3 is 2.50 bits per heavy atom. The Hall–Kier alpha value is -2.73. The number of rotatable bonds is 5. The second-order valence-electron chi connectivity index (χ2n) is 5.40. The van der Waals surface area contributed by atoms with Crippen LogP contribution >= 0.6 is 11.3 Å². The van der Waals surface area contributed by atoms with Gasteiger partial charge in [-0.2, -0.15) is 0 Å². The lowest BCUT2D eigenvalue weighted by Gasteiger charge is -2.17. The van der Waals surface area contributed by atoms with Crippen molar-refractivity contribution in [2.24, 2.45) is 0 Å². The molecule has 5 nitrogen and oxygen atoms in total. The van der Waals surface area contributed by atoms with E-state index in [1.807, 2.05) is 54.6 Å². The SMILES string of the molecule is CC(=O)NC(CC(=O)Nc1nc2ccccc2s1)c1ccccc1. The van der Waals surface area contributed by atoms with Crippen LogP contribution < -0.4 is 10.6 Å². The minimum atomic E-state index is -0.363. The molecule has 2 amide bonds. The van der Waals surface area contributed by atoms with Gasteiger partial charge in [0, 0.05) is 6.92 Å². The van der Waals surface area contributed by atoms with Gasteiger partial charge >= 0.3 is 0 Å². The van der Waals surface area contributed by atoms with Crippen molar-refractivity contribution >= 4 is 38.5 Å². The third-order valence-electron chi connectivity index (χ3n) is 3.51. The van der Waals surface area contributed by atoms with Gasteiger partial charge in [-0.05, 0) is 17.7 Å². The number of anilines is 1. The van der Waals surface area contributed by atoms with Crippen LogP contribution in [0.5, 0.6) is 0 Å². The summed E-state index contributed by atoms with van der Waals surface area (Å²) in [5.41, 5.74) is 1.76. The van der Waals surface area contributed by atoms with E-state index in [1.165, 1.54) is 18.3 Å². The molecule has 2 aromatic carbocycles.